The van der Waals surface area contributed by atoms with E-state index < -0.39 is 0 Å². The molecule has 0 bridgehead atoms. The van der Waals surface area contributed by atoms with Crippen molar-refractivity contribution in [2.45, 2.75) is 31.7 Å². The van der Waals surface area contributed by atoms with E-state index in [0.29, 0.717) is 6.04 Å². The van der Waals surface area contributed by atoms with Gasteiger partial charge in [-0.15, -0.1) is 0 Å². The standard InChI is InChI=1S/C6H12N2/c1-7-8-6-4-2-3-5-6/h6,8H,1-5H2. The predicted molar refractivity (Wildman–Crippen MR) is 34.9 cm³/mol. The van der Waals surface area contributed by atoms with Gasteiger partial charge >= 0.3 is 0 Å². The second kappa shape index (κ2) is 2.70. The van der Waals surface area contributed by atoms with Gasteiger partial charge in [-0.3, -0.25) is 0 Å². The van der Waals surface area contributed by atoms with Gasteiger partial charge in [0.2, 0.25) is 0 Å². The van der Waals surface area contributed by atoms with E-state index in [9.17, 15) is 0 Å². The maximum atomic E-state index is 3.62. The van der Waals surface area contributed by atoms with Gasteiger partial charge in [0, 0.05) is 12.8 Å². The molecule has 1 saturated carbocycles. The maximum absolute atomic E-state index is 3.62. The third kappa shape index (κ3) is 1.22. The highest BCUT2D eigenvalue weighted by Gasteiger charge is 2.12. The van der Waals surface area contributed by atoms with Crippen LogP contribution in [0.2, 0.25) is 0 Å². The molecule has 0 saturated heterocycles. The summed E-state index contributed by atoms with van der Waals surface area (Å²) in [5, 5.41) is 3.62. The van der Waals surface area contributed by atoms with Gasteiger partial charge in [-0.25, -0.2) is 0 Å². The molecule has 1 aliphatic carbocycles. The van der Waals surface area contributed by atoms with Crippen LogP contribution in [0.4, 0.5) is 0 Å². The van der Waals surface area contributed by atoms with Crippen LogP contribution in [0.25, 0.3) is 0 Å². The molecule has 1 N–H and O–H groups in total. The summed E-state index contributed by atoms with van der Waals surface area (Å²) in [4.78, 5) is 0. The molecule has 0 aromatic heterocycles. The topological polar surface area (TPSA) is 24.4 Å². The minimum Gasteiger partial charge on any atom is -0.308 e. The van der Waals surface area contributed by atoms with E-state index in [2.05, 4.69) is 17.2 Å². The van der Waals surface area contributed by atoms with Crippen molar-refractivity contribution in [3.05, 3.63) is 0 Å². The highest BCUT2D eigenvalue weighted by Crippen LogP contribution is 2.16. The van der Waals surface area contributed by atoms with Crippen molar-refractivity contribution < 1.29 is 0 Å². The average Bonchev–Trinajstić information content (AvgIpc) is 2.19. The SMILES string of the molecule is C=NNC1CCCC1. The number of hydrazone groups is 1. The molecule has 0 amide bonds. The molecule has 0 aromatic carbocycles. The second-order valence-corrected chi connectivity index (χ2v) is 2.27. The minimum absolute atomic E-state index is 0.632. The number of rotatable bonds is 2. The van der Waals surface area contributed by atoms with Gasteiger partial charge in [0.25, 0.3) is 0 Å². The molecule has 0 radical (unpaired) electrons. The monoisotopic (exact) mass is 112 g/mol. The van der Waals surface area contributed by atoms with Crippen molar-refractivity contribution >= 4 is 6.72 Å². The summed E-state index contributed by atoms with van der Waals surface area (Å²) in [6, 6.07) is 0.632. The normalized spacial score (nSPS) is 21.0. The molecule has 8 heavy (non-hydrogen) atoms. The fraction of sp³-hybridized carbons (Fsp3) is 0.833. The summed E-state index contributed by atoms with van der Waals surface area (Å²) in [7, 11) is 0. The number of nitrogens with zero attached hydrogens (tertiary/aromatic N) is 1. The van der Waals surface area contributed by atoms with E-state index in [0.717, 1.165) is 0 Å². The van der Waals surface area contributed by atoms with Gasteiger partial charge in [0.05, 0.1) is 0 Å². The van der Waals surface area contributed by atoms with Crippen LogP contribution in [0, 0.1) is 0 Å². The van der Waals surface area contributed by atoms with Crippen molar-refractivity contribution in [1.82, 2.24) is 5.43 Å². The van der Waals surface area contributed by atoms with Gasteiger partial charge in [0.1, 0.15) is 0 Å². The van der Waals surface area contributed by atoms with Crippen LogP contribution < -0.4 is 5.43 Å². The molecule has 46 valence electrons. The van der Waals surface area contributed by atoms with Crippen LogP contribution in [-0.4, -0.2) is 12.8 Å². The molecular weight excluding hydrogens is 100 g/mol. The zero-order valence-corrected chi connectivity index (χ0v) is 5.06. The Morgan fingerprint density at radius 2 is 2.00 bits per heavy atom. The zero-order chi connectivity index (χ0) is 5.82. The highest BCUT2D eigenvalue weighted by molar-refractivity contribution is 5.22. The fourth-order valence-corrected chi connectivity index (χ4v) is 1.18. The first-order chi connectivity index (χ1) is 3.93. The predicted octanol–water partition coefficient (Wildman–Crippen LogP) is 1.13. The van der Waals surface area contributed by atoms with Crippen LogP contribution in [-0.2, 0) is 0 Å². The van der Waals surface area contributed by atoms with E-state index in [1.807, 2.05) is 0 Å². The summed E-state index contributed by atoms with van der Waals surface area (Å²) in [5.74, 6) is 0. The van der Waals surface area contributed by atoms with Crippen molar-refractivity contribution in [3.8, 4) is 0 Å². The summed E-state index contributed by atoms with van der Waals surface area (Å²) in [5.41, 5.74) is 2.96. The quantitative estimate of drug-likeness (QED) is 0.420. The smallest absolute Gasteiger partial charge is 0.0439 e. The summed E-state index contributed by atoms with van der Waals surface area (Å²) >= 11 is 0. The Morgan fingerprint density at radius 1 is 1.38 bits per heavy atom. The van der Waals surface area contributed by atoms with Crippen LogP contribution in [0.5, 0.6) is 0 Å². The van der Waals surface area contributed by atoms with Crippen LogP contribution in [0.3, 0.4) is 0 Å². The van der Waals surface area contributed by atoms with Crippen LogP contribution in [0.15, 0.2) is 5.10 Å². The Bertz CT molecular complexity index is 74.6. The molecule has 0 aliphatic heterocycles. The van der Waals surface area contributed by atoms with E-state index in [1.165, 1.54) is 25.7 Å². The Balaban J connectivity index is 2.14. The number of hydrogen-bond acceptors (Lipinski definition) is 2. The molecule has 0 aromatic rings. The Kier molecular flexibility index (Phi) is 1.89. The first kappa shape index (κ1) is 5.60. The van der Waals surface area contributed by atoms with E-state index in [1.54, 1.807) is 0 Å². The van der Waals surface area contributed by atoms with Crippen LogP contribution >= 0.6 is 0 Å². The molecule has 0 heterocycles. The van der Waals surface area contributed by atoms with Crippen molar-refractivity contribution in [2.24, 2.45) is 5.10 Å². The van der Waals surface area contributed by atoms with Crippen LogP contribution in [0.1, 0.15) is 25.7 Å². The van der Waals surface area contributed by atoms with E-state index >= 15 is 0 Å². The van der Waals surface area contributed by atoms with Crippen molar-refractivity contribution in [3.63, 3.8) is 0 Å². The lowest BCUT2D eigenvalue weighted by Crippen LogP contribution is -2.19. The molecule has 1 aliphatic rings. The summed E-state index contributed by atoms with van der Waals surface area (Å²) in [6.45, 7) is 3.36. The maximum Gasteiger partial charge on any atom is 0.0439 e. The molecule has 0 unspecified atom stereocenters. The lowest BCUT2D eigenvalue weighted by Gasteiger charge is -2.04. The third-order valence-electron chi connectivity index (χ3n) is 1.63. The molecule has 0 atom stereocenters. The average molecular weight is 112 g/mol. The first-order valence-electron chi connectivity index (χ1n) is 3.15. The highest BCUT2D eigenvalue weighted by atomic mass is 15.3. The molecule has 1 rings (SSSR count). The molecule has 2 nitrogen and oxygen atoms in total. The Morgan fingerprint density at radius 3 is 2.50 bits per heavy atom. The minimum atomic E-state index is 0.632. The van der Waals surface area contributed by atoms with Gasteiger partial charge < -0.3 is 5.43 Å². The molecular formula is C6H12N2. The number of hydrogen-bond donors (Lipinski definition) is 1. The second-order valence-electron chi connectivity index (χ2n) is 2.27. The molecule has 2 heteroatoms. The summed E-state index contributed by atoms with van der Waals surface area (Å²) in [6.07, 6.45) is 5.26. The Labute approximate surface area is 50.0 Å². The van der Waals surface area contributed by atoms with Gasteiger partial charge in [0.15, 0.2) is 0 Å². The van der Waals surface area contributed by atoms with Gasteiger partial charge in [-0.1, -0.05) is 12.8 Å². The third-order valence-corrected chi connectivity index (χ3v) is 1.63. The lowest BCUT2D eigenvalue weighted by atomic mass is 10.3. The largest absolute Gasteiger partial charge is 0.308 e. The van der Waals surface area contributed by atoms with Gasteiger partial charge in [-0.2, -0.15) is 5.10 Å². The summed E-state index contributed by atoms with van der Waals surface area (Å²) < 4.78 is 0. The van der Waals surface area contributed by atoms with Crippen molar-refractivity contribution in [2.75, 3.05) is 0 Å². The van der Waals surface area contributed by atoms with Crippen molar-refractivity contribution in [1.29, 1.82) is 0 Å². The first-order valence-corrected chi connectivity index (χ1v) is 3.15. The molecule has 1 fully saturated rings. The molecule has 0 spiro atoms. The zero-order valence-electron chi connectivity index (χ0n) is 5.06. The Hall–Kier alpha value is -0.530. The van der Waals surface area contributed by atoms with E-state index in [4.69, 9.17) is 0 Å². The number of nitrogens with one attached hydrogen (secondary N) is 1. The van der Waals surface area contributed by atoms with Gasteiger partial charge in [-0.05, 0) is 12.8 Å². The van der Waals surface area contributed by atoms with E-state index in [-0.39, 0.29) is 0 Å². The lowest BCUT2D eigenvalue weighted by molar-refractivity contribution is 0.550. The fourth-order valence-electron chi connectivity index (χ4n) is 1.18.